The lowest BCUT2D eigenvalue weighted by Gasteiger charge is -2.01. The van der Waals surface area contributed by atoms with Crippen LogP contribution >= 0.6 is 23.2 Å². The molecule has 0 aromatic heterocycles. The molecule has 0 fully saturated rings. The van der Waals surface area contributed by atoms with Gasteiger partial charge in [0, 0.05) is 22.5 Å². The second-order valence-electron chi connectivity index (χ2n) is 2.03. The molecule has 0 amide bonds. The van der Waals surface area contributed by atoms with Crippen molar-refractivity contribution in [1.29, 1.82) is 5.41 Å². The molecule has 0 heterocycles. The topological polar surface area (TPSA) is 49.9 Å². The van der Waals surface area contributed by atoms with Crippen LogP contribution in [0.5, 0.6) is 0 Å². The van der Waals surface area contributed by atoms with E-state index in [9.17, 15) is 0 Å². The number of nitrogens with two attached hydrogens (primary N) is 1. The minimum absolute atomic E-state index is 0.407. The third-order valence-electron chi connectivity index (χ3n) is 1.27. The Morgan fingerprint density at radius 2 is 2.00 bits per heavy atom. The molecule has 58 valence electrons. The van der Waals surface area contributed by atoms with Crippen molar-refractivity contribution in [2.75, 3.05) is 5.73 Å². The highest BCUT2D eigenvalue weighted by atomic mass is 35.5. The van der Waals surface area contributed by atoms with Crippen LogP contribution in [-0.2, 0) is 0 Å². The lowest BCUT2D eigenvalue weighted by Crippen LogP contribution is -1.93. The highest BCUT2D eigenvalue weighted by molar-refractivity contribution is 6.37. The van der Waals surface area contributed by atoms with Crippen LogP contribution in [0, 0.1) is 5.41 Å². The molecule has 1 aromatic rings. The summed E-state index contributed by atoms with van der Waals surface area (Å²) in [5, 5.41) is 7.86. The minimum Gasteiger partial charge on any atom is -0.398 e. The van der Waals surface area contributed by atoms with Crippen LogP contribution in [-0.4, -0.2) is 6.21 Å². The predicted molar refractivity (Wildman–Crippen MR) is 48.8 cm³/mol. The lowest BCUT2D eigenvalue weighted by atomic mass is 10.2. The molecule has 11 heavy (non-hydrogen) atoms. The fraction of sp³-hybridized carbons (Fsp3) is 0. The van der Waals surface area contributed by atoms with E-state index in [2.05, 4.69) is 0 Å². The number of anilines is 1. The van der Waals surface area contributed by atoms with E-state index in [0.717, 1.165) is 6.21 Å². The number of halogens is 2. The van der Waals surface area contributed by atoms with E-state index in [-0.39, 0.29) is 0 Å². The zero-order valence-electron chi connectivity index (χ0n) is 5.57. The van der Waals surface area contributed by atoms with Gasteiger partial charge in [-0.2, -0.15) is 0 Å². The molecule has 4 heteroatoms. The first-order valence-electron chi connectivity index (χ1n) is 2.90. The molecule has 0 radical (unpaired) electrons. The van der Waals surface area contributed by atoms with Gasteiger partial charge in [0.25, 0.3) is 0 Å². The van der Waals surface area contributed by atoms with Crippen molar-refractivity contribution in [2.24, 2.45) is 0 Å². The van der Waals surface area contributed by atoms with Crippen molar-refractivity contribution in [3.05, 3.63) is 27.7 Å². The number of benzene rings is 1. The SMILES string of the molecule is N=Cc1c(N)cc(Cl)cc1Cl. The van der Waals surface area contributed by atoms with Crippen LogP contribution in [0.25, 0.3) is 0 Å². The third-order valence-corrected chi connectivity index (χ3v) is 1.80. The molecule has 1 aromatic carbocycles. The maximum Gasteiger partial charge on any atom is 0.0529 e. The zero-order valence-corrected chi connectivity index (χ0v) is 7.08. The van der Waals surface area contributed by atoms with Crippen LogP contribution in [0.15, 0.2) is 12.1 Å². The molecule has 0 spiro atoms. The Bertz CT molecular complexity index is 273. The van der Waals surface area contributed by atoms with E-state index in [1.54, 1.807) is 12.1 Å². The number of hydrogen-bond acceptors (Lipinski definition) is 2. The lowest BCUT2D eigenvalue weighted by molar-refractivity contribution is 1.54. The number of nitrogens with one attached hydrogen (secondary N) is 1. The first-order chi connectivity index (χ1) is 5.15. The fourth-order valence-electron chi connectivity index (χ4n) is 0.757. The van der Waals surface area contributed by atoms with Gasteiger partial charge in [-0.3, -0.25) is 0 Å². The third kappa shape index (κ3) is 1.64. The van der Waals surface area contributed by atoms with Crippen LogP contribution in [0.1, 0.15) is 5.56 Å². The van der Waals surface area contributed by atoms with Crippen molar-refractivity contribution < 1.29 is 0 Å². The maximum absolute atomic E-state index is 6.96. The fourth-order valence-corrected chi connectivity index (χ4v) is 1.32. The summed E-state index contributed by atoms with van der Waals surface area (Å²) in [5.41, 5.74) is 6.45. The molecule has 0 atom stereocenters. The molecule has 0 saturated heterocycles. The molecular formula is C7H6Cl2N2. The zero-order chi connectivity index (χ0) is 8.43. The van der Waals surface area contributed by atoms with Gasteiger partial charge < -0.3 is 11.1 Å². The standard InChI is InChI=1S/C7H6Cl2N2/c8-4-1-6(9)5(3-10)7(11)2-4/h1-3,10H,11H2. The van der Waals surface area contributed by atoms with Crippen molar-refractivity contribution >= 4 is 35.1 Å². The second-order valence-corrected chi connectivity index (χ2v) is 2.88. The Hall–Kier alpha value is -0.730. The summed E-state index contributed by atoms with van der Waals surface area (Å²) in [5.74, 6) is 0. The minimum atomic E-state index is 0.407. The van der Waals surface area contributed by atoms with Gasteiger partial charge in [-0.25, -0.2) is 0 Å². The molecule has 3 N–H and O–H groups in total. The second kappa shape index (κ2) is 3.11. The van der Waals surface area contributed by atoms with Gasteiger partial charge in [0.2, 0.25) is 0 Å². The first kappa shape index (κ1) is 8.37. The largest absolute Gasteiger partial charge is 0.398 e. The molecule has 0 saturated carbocycles. The Labute approximate surface area is 74.4 Å². The molecule has 0 aliphatic carbocycles. The highest BCUT2D eigenvalue weighted by Crippen LogP contribution is 2.25. The van der Waals surface area contributed by atoms with Crippen LogP contribution in [0.4, 0.5) is 5.69 Å². The molecule has 0 bridgehead atoms. The Morgan fingerprint density at radius 3 is 2.45 bits per heavy atom. The summed E-state index contributed by atoms with van der Waals surface area (Å²) < 4.78 is 0. The van der Waals surface area contributed by atoms with E-state index < -0.39 is 0 Å². The Balaban J connectivity index is 3.36. The quantitative estimate of drug-likeness (QED) is 0.517. The van der Waals surface area contributed by atoms with Crippen LogP contribution < -0.4 is 5.73 Å². The molecule has 1 rings (SSSR count). The van der Waals surface area contributed by atoms with Crippen LogP contribution in [0.2, 0.25) is 10.0 Å². The van der Waals surface area contributed by atoms with Crippen LogP contribution in [0.3, 0.4) is 0 Å². The van der Waals surface area contributed by atoms with Gasteiger partial charge in [-0.15, -0.1) is 0 Å². The summed E-state index contributed by atoms with van der Waals surface area (Å²) in [6.07, 6.45) is 1.11. The molecular weight excluding hydrogens is 183 g/mol. The van der Waals surface area contributed by atoms with Gasteiger partial charge in [0.1, 0.15) is 0 Å². The van der Waals surface area contributed by atoms with E-state index in [4.69, 9.17) is 34.3 Å². The van der Waals surface area contributed by atoms with E-state index in [1.165, 1.54) is 0 Å². The average molecular weight is 189 g/mol. The highest BCUT2D eigenvalue weighted by Gasteiger charge is 2.02. The smallest absolute Gasteiger partial charge is 0.0529 e. The van der Waals surface area contributed by atoms with Crippen molar-refractivity contribution in [3.63, 3.8) is 0 Å². The van der Waals surface area contributed by atoms with Crippen molar-refractivity contribution in [1.82, 2.24) is 0 Å². The summed E-state index contributed by atoms with van der Waals surface area (Å²) in [6, 6.07) is 3.12. The van der Waals surface area contributed by atoms with Gasteiger partial charge in [-0.05, 0) is 12.1 Å². The van der Waals surface area contributed by atoms with Crippen molar-refractivity contribution in [2.45, 2.75) is 0 Å². The predicted octanol–water partition coefficient (Wildman–Crippen LogP) is 2.57. The molecule has 0 aliphatic rings. The normalized spacial score (nSPS) is 9.64. The van der Waals surface area contributed by atoms with Gasteiger partial charge in [-0.1, -0.05) is 23.2 Å². The van der Waals surface area contributed by atoms with Gasteiger partial charge >= 0.3 is 0 Å². The Morgan fingerprint density at radius 1 is 1.36 bits per heavy atom. The summed E-state index contributed by atoms with van der Waals surface area (Å²) in [7, 11) is 0. The Kier molecular flexibility index (Phi) is 2.37. The van der Waals surface area contributed by atoms with Gasteiger partial charge in [0.15, 0.2) is 0 Å². The monoisotopic (exact) mass is 188 g/mol. The summed E-state index contributed by atoms with van der Waals surface area (Å²) in [6.45, 7) is 0. The maximum atomic E-state index is 6.96. The van der Waals surface area contributed by atoms with E-state index in [0.29, 0.717) is 21.3 Å². The number of nitrogen functional groups attached to an aromatic ring is 1. The van der Waals surface area contributed by atoms with Crippen molar-refractivity contribution in [3.8, 4) is 0 Å². The summed E-state index contributed by atoms with van der Waals surface area (Å²) in [4.78, 5) is 0. The molecule has 0 aliphatic heterocycles. The van der Waals surface area contributed by atoms with E-state index >= 15 is 0 Å². The number of rotatable bonds is 1. The first-order valence-corrected chi connectivity index (χ1v) is 3.65. The van der Waals surface area contributed by atoms with Gasteiger partial charge in [0.05, 0.1) is 5.02 Å². The molecule has 2 nitrogen and oxygen atoms in total. The molecule has 0 unspecified atom stereocenters. The number of hydrogen-bond donors (Lipinski definition) is 2. The summed E-state index contributed by atoms with van der Waals surface area (Å²) >= 11 is 11.4. The van der Waals surface area contributed by atoms with E-state index in [1.807, 2.05) is 0 Å². The average Bonchev–Trinajstić information content (AvgIpc) is 1.85.